The van der Waals surface area contributed by atoms with Crippen molar-refractivity contribution in [3.05, 3.63) is 11.4 Å². The highest BCUT2D eigenvalue weighted by Crippen LogP contribution is 2.29. The summed E-state index contributed by atoms with van der Waals surface area (Å²) in [6.07, 6.45) is 4.21. The van der Waals surface area contributed by atoms with Crippen molar-refractivity contribution in [3.63, 3.8) is 0 Å². The minimum absolute atomic E-state index is 0.191. The Bertz CT molecular complexity index is 436. The number of aromatic nitrogens is 2. The van der Waals surface area contributed by atoms with Crippen LogP contribution in [0.1, 0.15) is 37.6 Å². The average molecular weight is 264 g/mol. The van der Waals surface area contributed by atoms with Gasteiger partial charge in [-0.3, -0.25) is 0 Å². The first kappa shape index (κ1) is 14.1. The Morgan fingerprint density at radius 3 is 2.79 bits per heavy atom. The van der Waals surface area contributed by atoms with Crippen LogP contribution in [0.3, 0.4) is 0 Å². The second-order valence-corrected chi connectivity index (χ2v) is 5.07. The number of aliphatic hydroxyl groups is 1. The third kappa shape index (κ3) is 2.81. The molecule has 0 aliphatic carbocycles. The Hall–Kier alpha value is -1.36. The van der Waals surface area contributed by atoms with E-state index in [9.17, 15) is 5.11 Å². The van der Waals surface area contributed by atoms with Crippen LogP contribution >= 0.6 is 0 Å². The molecule has 1 aliphatic rings. The molecule has 0 spiro atoms. The molecule has 1 unspecified atom stereocenters. The topological polar surface area (TPSA) is 61.3 Å². The molecule has 1 saturated heterocycles. The molecular formula is C14H24N4O. The number of piperidine rings is 1. The molecule has 2 rings (SSSR count). The number of nitrogens with zero attached hydrogens (tertiary/aromatic N) is 3. The van der Waals surface area contributed by atoms with E-state index in [0.717, 1.165) is 48.8 Å². The van der Waals surface area contributed by atoms with Crippen LogP contribution in [-0.2, 0) is 6.42 Å². The third-order valence-corrected chi connectivity index (χ3v) is 3.83. The first-order valence-electron chi connectivity index (χ1n) is 7.14. The van der Waals surface area contributed by atoms with E-state index in [1.165, 1.54) is 6.42 Å². The zero-order valence-electron chi connectivity index (χ0n) is 12.1. The number of hydrogen-bond acceptors (Lipinski definition) is 5. The number of aliphatic hydroxyl groups excluding tert-OH is 1. The van der Waals surface area contributed by atoms with Gasteiger partial charge in [0.25, 0.3) is 0 Å². The Kier molecular flexibility index (Phi) is 4.58. The van der Waals surface area contributed by atoms with Crippen LogP contribution in [0.4, 0.5) is 11.6 Å². The van der Waals surface area contributed by atoms with Gasteiger partial charge >= 0.3 is 0 Å². The van der Waals surface area contributed by atoms with Gasteiger partial charge in [-0.1, -0.05) is 6.92 Å². The number of aryl methyl sites for hydroxylation is 1. The van der Waals surface area contributed by atoms with Crippen molar-refractivity contribution in [2.45, 2.75) is 45.6 Å². The highest BCUT2D eigenvalue weighted by atomic mass is 16.3. The molecule has 2 heterocycles. The van der Waals surface area contributed by atoms with Crippen LogP contribution < -0.4 is 10.2 Å². The SMILES string of the molecule is CCc1nc(NC)c(C)c(N2CCCCC2CO)n1. The van der Waals surface area contributed by atoms with Crippen molar-refractivity contribution in [1.82, 2.24) is 9.97 Å². The van der Waals surface area contributed by atoms with Crippen molar-refractivity contribution in [2.24, 2.45) is 0 Å². The molecule has 1 fully saturated rings. The molecule has 106 valence electrons. The molecule has 0 bridgehead atoms. The van der Waals surface area contributed by atoms with Crippen LogP contribution in [0.25, 0.3) is 0 Å². The van der Waals surface area contributed by atoms with E-state index in [1.807, 2.05) is 14.0 Å². The maximum Gasteiger partial charge on any atom is 0.137 e. The summed E-state index contributed by atoms with van der Waals surface area (Å²) in [5, 5.41) is 12.7. The molecule has 5 heteroatoms. The smallest absolute Gasteiger partial charge is 0.137 e. The van der Waals surface area contributed by atoms with Crippen LogP contribution in [0.5, 0.6) is 0 Å². The lowest BCUT2D eigenvalue weighted by atomic mass is 10.0. The number of hydrogen-bond donors (Lipinski definition) is 2. The molecule has 2 N–H and O–H groups in total. The summed E-state index contributed by atoms with van der Waals surface area (Å²) in [5.41, 5.74) is 1.07. The molecule has 0 saturated carbocycles. The maximum absolute atomic E-state index is 9.57. The lowest BCUT2D eigenvalue weighted by molar-refractivity contribution is 0.239. The molecule has 1 aliphatic heterocycles. The van der Waals surface area contributed by atoms with Gasteiger partial charge in [-0.15, -0.1) is 0 Å². The summed E-state index contributed by atoms with van der Waals surface area (Å²) in [5.74, 6) is 2.73. The number of nitrogens with one attached hydrogen (secondary N) is 1. The normalized spacial score (nSPS) is 19.6. The minimum Gasteiger partial charge on any atom is -0.394 e. The van der Waals surface area contributed by atoms with E-state index >= 15 is 0 Å². The Morgan fingerprint density at radius 1 is 1.37 bits per heavy atom. The molecule has 0 radical (unpaired) electrons. The average Bonchev–Trinajstić information content (AvgIpc) is 2.47. The van der Waals surface area contributed by atoms with Gasteiger partial charge in [0.15, 0.2) is 0 Å². The fraction of sp³-hybridized carbons (Fsp3) is 0.714. The molecule has 5 nitrogen and oxygen atoms in total. The highest BCUT2D eigenvalue weighted by molar-refractivity contribution is 5.59. The fourth-order valence-corrected chi connectivity index (χ4v) is 2.70. The summed E-state index contributed by atoms with van der Waals surface area (Å²) in [7, 11) is 1.89. The summed E-state index contributed by atoms with van der Waals surface area (Å²) in [6, 6.07) is 0.191. The standard InChI is InChI=1S/C14H24N4O/c1-4-12-16-13(15-3)10(2)14(17-12)18-8-6-5-7-11(18)9-19/h11,19H,4-9H2,1-3H3,(H,15,16,17). The number of rotatable bonds is 4. The molecule has 0 amide bonds. The predicted octanol–water partition coefficient (Wildman–Crippen LogP) is 1.74. The van der Waals surface area contributed by atoms with Gasteiger partial charge in [-0.25, -0.2) is 9.97 Å². The number of anilines is 2. The van der Waals surface area contributed by atoms with E-state index in [1.54, 1.807) is 0 Å². The molecule has 0 aromatic carbocycles. The lowest BCUT2D eigenvalue weighted by Crippen LogP contribution is -2.43. The van der Waals surface area contributed by atoms with Crippen LogP contribution in [0, 0.1) is 6.92 Å². The summed E-state index contributed by atoms with van der Waals surface area (Å²) >= 11 is 0. The van der Waals surface area contributed by atoms with Crippen molar-refractivity contribution >= 4 is 11.6 Å². The van der Waals surface area contributed by atoms with E-state index in [-0.39, 0.29) is 12.6 Å². The second kappa shape index (κ2) is 6.19. The zero-order chi connectivity index (χ0) is 13.8. The van der Waals surface area contributed by atoms with Gasteiger partial charge < -0.3 is 15.3 Å². The third-order valence-electron chi connectivity index (χ3n) is 3.83. The van der Waals surface area contributed by atoms with Crippen molar-refractivity contribution < 1.29 is 5.11 Å². The zero-order valence-corrected chi connectivity index (χ0v) is 12.1. The van der Waals surface area contributed by atoms with Gasteiger partial charge in [-0.2, -0.15) is 0 Å². The Labute approximate surface area is 115 Å². The minimum atomic E-state index is 0.191. The van der Waals surface area contributed by atoms with E-state index in [0.29, 0.717) is 0 Å². The predicted molar refractivity (Wildman–Crippen MR) is 77.8 cm³/mol. The van der Waals surface area contributed by atoms with E-state index < -0.39 is 0 Å². The van der Waals surface area contributed by atoms with Gasteiger partial charge in [0.1, 0.15) is 17.5 Å². The first-order valence-corrected chi connectivity index (χ1v) is 7.14. The van der Waals surface area contributed by atoms with Crippen molar-refractivity contribution in [2.75, 3.05) is 30.4 Å². The Morgan fingerprint density at radius 2 is 2.16 bits per heavy atom. The summed E-state index contributed by atoms with van der Waals surface area (Å²) < 4.78 is 0. The molecular weight excluding hydrogens is 240 g/mol. The van der Waals surface area contributed by atoms with E-state index in [4.69, 9.17) is 0 Å². The monoisotopic (exact) mass is 264 g/mol. The lowest BCUT2D eigenvalue weighted by Gasteiger charge is -2.36. The maximum atomic E-state index is 9.57. The van der Waals surface area contributed by atoms with Gasteiger partial charge in [0, 0.05) is 25.6 Å². The van der Waals surface area contributed by atoms with Crippen LogP contribution in [0.2, 0.25) is 0 Å². The first-order chi connectivity index (χ1) is 9.21. The Balaban J connectivity index is 2.41. The second-order valence-electron chi connectivity index (χ2n) is 5.07. The largest absolute Gasteiger partial charge is 0.394 e. The summed E-state index contributed by atoms with van der Waals surface area (Å²) in [6.45, 7) is 5.27. The van der Waals surface area contributed by atoms with Gasteiger partial charge in [0.05, 0.1) is 12.6 Å². The molecule has 1 atom stereocenters. The molecule has 1 aromatic heterocycles. The van der Waals surface area contributed by atoms with Crippen molar-refractivity contribution in [1.29, 1.82) is 0 Å². The fourth-order valence-electron chi connectivity index (χ4n) is 2.70. The van der Waals surface area contributed by atoms with Crippen LogP contribution in [0.15, 0.2) is 0 Å². The van der Waals surface area contributed by atoms with Gasteiger partial charge in [0.2, 0.25) is 0 Å². The quantitative estimate of drug-likeness (QED) is 0.867. The van der Waals surface area contributed by atoms with Crippen LogP contribution in [-0.4, -0.2) is 41.3 Å². The summed E-state index contributed by atoms with van der Waals surface area (Å²) in [4.78, 5) is 11.4. The van der Waals surface area contributed by atoms with E-state index in [2.05, 4.69) is 27.1 Å². The van der Waals surface area contributed by atoms with Gasteiger partial charge in [-0.05, 0) is 26.2 Å². The molecule has 1 aromatic rings. The highest BCUT2D eigenvalue weighted by Gasteiger charge is 2.25. The molecule has 19 heavy (non-hydrogen) atoms. The van der Waals surface area contributed by atoms with Crippen molar-refractivity contribution in [3.8, 4) is 0 Å².